The molecule has 0 spiro atoms. The molecule has 36 heavy (non-hydrogen) atoms. The topological polar surface area (TPSA) is 86.7 Å². The van der Waals surface area contributed by atoms with Crippen molar-refractivity contribution in [3.63, 3.8) is 0 Å². The maximum Gasteiger partial charge on any atom is 0.345 e. The minimum atomic E-state index is -0.478. The number of esters is 3. The molecule has 2 aromatic rings. The summed E-state index contributed by atoms with van der Waals surface area (Å²) in [5.74, 6) is -1.32. The Morgan fingerprint density at radius 3 is 2.17 bits per heavy atom. The van der Waals surface area contributed by atoms with Gasteiger partial charge in [0.1, 0.15) is 28.6 Å². The molecular formula is C24H20N2O6S4+2. The highest BCUT2D eigenvalue weighted by Crippen LogP contribution is 2.55. The molecule has 0 bridgehead atoms. The van der Waals surface area contributed by atoms with Crippen molar-refractivity contribution in [2.45, 2.75) is 13.1 Å². The Bertz CT molecular complexity index is 1350. The van der Waals surface area contributed by atoms with Gasteiger partial charge in [-0.1, -0.05) is 47.0 Å². The lowest BCUT2D eigenvalue weighted by atomic mass is 10.1. The van der Waals surface area contributed by atoms with Gasteiger partial charge in [0.25, 0.3) is 11.4 Å². The van der Waals surface area contributed by atoms with E-state index in [9.17, 15) is 14.4 Å². The Kier molecular flexibility index (Phi) is 7.75. The fourth-order valence-electron chi connectivity index (χ4n) is 3.60. The van der Waals surface area contributed by atoms with Gasteiger partial charge in [-0.3, -0.25) is 0 Å². The average Bonchev–Trinajstić information content (AvgIpc) is 3.60. The number of nitrogens with zero attached hydrogens (tertiary/aromatic N) is 2. The van der Waals surface area contributed by atoms with Gasteiger partial charge in [0.2, 0.25) is 13.1 Å². The number of rotatable bonds is 6. The molecule has 3 aliphatic heterocycles. The van der Waals surface area contributed by atoms with Crippen LogP contribution in [-0.2, 0) is 36.9 Å². The van der Waals surface area contributed by atoms with E-state index in [-0.39, 0.29) is 19.2 Å². The van der Waals surface area contributed by atoms with Crippen molar-refractivity contribution in [2.24, 2.45) is 0 Å². The summed E-state index contributed by atoms with van der Waals surface area (Å²) in [6.07, 6.45) is 3.84. The predicted octanol–water partition coefficient (Wildman–Crippen LogP) is 3.58. The van der Waals surface area contributed by atoms with Crippen molar-refractivity contribution in [1.82, 2.24) is 0 Å². The monoisotopic (exact) mass is 560 g/mol. The molecular weight excluding hydrogens is 541 g/mol. The first-order valence-electron chi connectivity index (χ1n) is 10.8. The molecule has 0 fully saturated rings. The maximum atomic E-state index is 12.5. The molecule has 0 unspecified atom stereocenters. The number of carbonyl (C=O) groups excluding carboxylic acids is 3. The van der Waals surface area contributed by atoms with E-state index in [1.807, 2.05) is 29.0 Å². The second-order valence-corrected chi connectivity index (χ2v) is 11.9. The lowest BCUT2D eigenvalue weighted by molar-refractivity contribution is -0.795. The number of methoxy groups -OCH3 is 1. The standard InChI is InChI=1S/C24H20N2O6S4/c1-30-21(28)18-13-33-23(35-18)24-34-14-19(36-24)22(29)32-11-10-31-20(27)15-5-6-17-16-4-2-3-7-25(16)8-9-26(17)12-15/h2-7,12-14H,8-11H2,1H3/q+2. The van der Waals surface area contributed by atoms with Gasteiger partial charge in [-0.15, -0.1) is 0 Å². The van der Waals surface area contributed by atoms with E-state index in [2.05, 4.69) is 10.6 Å². The van der Waals surface area contributed by atoms with Gasteiger partial charge in [0.15, 0.2) is 12.4 Å². The molecule has 184 valence electrons. The van der Waals surface area contributed by atoms with Gasteiger partial charge in [0, 0.05) is 18.2 Å². The smallest absolute Gasteiger partial charge is 0.345 e. The zero-order valence-corrected chi connectivity index (χ0v) is 22.3. The van der Waals surface area contributed by atoms with Crippen molar-refractivity contribution in [3.05, 3.63) is 77.4 Å². The lowest BCUT2D eigenvalue weighted by Gasteiger charge is -2.10. The first-order chi connectivity index (χ1) is 17.5. The molecule has 0 saturated heterocycles. The van der Waals surface area contributed by atoms with Crippen molar-refractivity contribution >= 4 is 65.0 Å². The number of thioether (sulfide) groups is 4. The van der Waals surface area contributed by atoms with Crippen LogP contribution in [0.2, 0.25) is 0 Å². The van der Waals surface area contributed by atoms with Gasteiger partial charge in [-0.2, -0.15) is 9.13 Å². The third-order valence-corrected chi connectivity index (χ3v) is 10.5. The van der Waals surface area contributed by atoms with Crippen molar-refractivity contribution < 1.29 is 37.7 Å². The van der Waals surface area contributed by atoms with Crippen LogP contribution in [0.15, 0.2) is 71.8 Å². The fraction of sp³-hybridized carbons (Fsp3) is 0.208. The molecule has 0 N–H and O–H groups in total. The predicted molar refractivity (Wildman–Crippen MR) is 139 cm³/mol. The summed E-state index contributed by atoms with van der Waals surface area (Å²) in [5, 5.41) is 3.46. The van der Waals surface area contributed by atoms with Gasteiger partial charge < -0.3 is 14.2 Å². The third kappa shape index (κ3) is 5.36. The molecule has 8 nitrogen and oxygen atoms in total. The van der Waals surface area contributed by atoms with E-state index in [4.69, 9.17) is 14.2 Å². The SMILES string of the molecule is COC(=O)C1=CSC(=C2SC=C(C(=O)OCCOC(=O)c3ccc4[n+](c3)CC[n+]3ccccc3-4)S2)S1. The fourth-order valence-corrected chi connectivity index (χ4v) is 8.25. The van der Waals surface area contributed by atoms with E-state index >= 15 is 0 Å². The quantitative estimate of drug-likeness (QED) is 0.226. The van der Waals surface area contributed by atoms with Gasteiger partial charge >= 0.3 is 17.9 Å². The zero-order chi connectivity index (χ0) is 25.1. The molecule has 0 amide bonds. The highest BCUT2D eigenvalue weighted by molar-refractivity contribution is 8.34. The van der Waals surface area contributed by atoms with E-state index in [0.717, 1.165) is 33.0 Å². The summed E-state index contributed by atoms with van der Waals surface area (Å²) in [4.78, 5) is 37.5. The van der Waals surface area contributed by atoms with Crippen molar-refractivity contribution in [3.8, 4) is 11.4 Å². The normalized spacial score (nSPS) is 18.0. The van der Waals surface area contributed by atoms with E-state index < -0.39 is 11.9 Å². The molecule has 2 aromatic heterocycles. The largest absolute Gasteiger partial charge is 0.465 e. The highest BCUT2D eigenvalue weighted by atomic mass is 32.2. The maximum absolute atomic E-state index is 12.5. The molecule has 5 rings (SSSR count). The van der Waals surface area contributed by atoms with Crippen molar-refractivity contribution in [2.75, 3.05) is 20.3 Å². The second-order valence-electron chi connectivity index (χ2n) is 7.52. The Morgan fingerprint density at radius 1 is 0.806 bits per heavy atom. The molecule has 0 saturated carbocycles. The molecule has 12 heteroatoms. The van der Waals surface area contributed by atoms with Crippen LogP contribution in [0.25, 0.3) is 11.4 Å². The van der Waals surface area contributed by atoms with Crippen LogP contribution >= 0.6 is 47.0 Å². The van der Waals surface area contributed by atoms with Crippen LogP contribution in [-0.4, -0.2) is 38.2 Å². The Labute approximate surface area is 224 Å². The second kappa shape index (κ2) is 11.2. The first kappa shape index (κ1) is 25.0. The van der Waals surface area contributed by atoms with Crippen LogP contribution in [0.1, 0.15) is 10.4 Å². The van der Waals surface area contributed by atoms with Crippen LogP contribution in [0.5, 0.6) is 0 Å². The summed E-state index contributed by atoms with van der Waals surface area (Å²) >= 11 is 5.45. The van der Waals surface area contributed by atoms with Gasteiger partial charge in [-0.25, -0.2) is 14.4 Å². The minimum absolute atomic E-state index is 0.0395. The number of aromatic nitrogens is 2. The Balaban J connectivity index is 1.09. The van der Waals surface area contributed by atoms with Gasteiger partial charge in [-0.05, 0) is 22.9 Å². The number of carbonyl (C=O) groups is 3. The lowest BCUT2D eigenvalue weighted by Crippen LogP contribution is -2.53. The number of hydrogen-bond acceptors (Lipinski definition) is 10. The summed E-state index contributed by atoms with van der Waals surface area (Å²) in [6.45, 7) is 1.50. The molecule has 3 aliphatic rings. The summed E-state index contributed by atoms with van der Waals surface area (Å²) in [6, 6.07) is 9.71. The van der Waals surface area contributed by atoms with E-state index in [0.29, 0.717) is 15.4 Å². The summed E-state index contributed by atoms with van der Waals surface area (Å²) in [5.41, 5.74) is 2.58. The summed E-state index contributed by atoms with van der Waals surface area (Å²) in [7, 11) is 1.34. The number of pyridine rings is 2. The number of fused-ring (bicyclic) bond motifs is 3. The van der Waals surface area contributed by atoms with Crippen molar-refractivity contribution in [1.29, 1.82) is 0 Å². The minimum Gasteiger partial charge on any atom is -0.465 e. The van der Waals surface area contributed by atoms with E-state index in [1.54, 1.807) is 23.1 Å². The molecule has 0 aromatic carbocycles. The Morgan fingerprint density at radius 2 is 1.44 bits per heavy atom. The average molecular weight is 561 g/mol. The van der Waals surface area contributed by atoms with Crippen LogP contribution in [0.3, 0.4) is 0 Å². The Hall–Kier alpha value is -2.67. The number of ether oxygens (including phenoxy) is 3. The van der Waals surface area contributed by atoms with Crippen LogP contribution < -0.4 is 9.13 Å². The summed E-state index contributed by atoms with van der Waals surface area (Å²) < 4.78 is 21.4. The third-order valence-electron chi connectivity index (χ3n) is 5.30. The van der Waals surface area contributed by atoms with E-state index in [1.165, 1.54) is 54.2 Å². The first-order valence-corrected chi connectivity index (χ1v) is 14.2. The zero-order valence-electron chi connectivity index (χ0n) is 19.0. The molecule has 0 atom stereocenters. The highest BCUT2D eigenvalue weighted by Gasteiger charge is 2.30. The number of aryl methyl sites for hydroxylation is 2. The van der Waals surface area contributed by atoms with Gasteiger partial charge in [0.05, 0.1) is 15.6 Å². The molecule has 5 heterocycles. The molecule has 0 radical (unpaired) electrons. The number of hydrogen-bond donors (Lipinski definition) is 0. The van der Waals surface area contributed by atoms with Crippen LogP contribution in [0.4, 0.5) is 0 Å². The molecule has 0 aliphatic carbocycles. The van der Waals surface area contributed by atoms with Crippen LogP contribution in [0, 0.1) is 0 Å².